The summed E-state index contributed by atoms with van der Waals surface area (Å²) in [5, 5.41) is 3.00. The number of anilines is 1. The van der Waals surface area contributed by atoms with Crippen molar-refractivity contribution in [2.75, 3.05) is 17.4 Å². The van der Waals surface area contributed by atoms with Crippen LogP contribution in [0.1, 0.15) is 31.4 Å². The molecule has 0 radical (unpaired) electrons. The van der Waals surface area contributed by atoms with Gasteiger partial charge >= 0.3 is 0 Å². The molecule has 0 saturated carbocycles. The quantitative estimate of drug-likeness (QED) is 0.314. The van der Waals surface area contributed by atoms with Crippen molar-refractivity contribution in [1.82, 2.24) is 10.2 Å². The van der Waals surface area contributed by atoms with Gasteiger partial charge in [0.2, 0.25) is 11.8 Å². The maximum Gasteiger partial charge on any atom is 0.264 e. The Bertz CT molecular complexity index is 1430. The topological polar surface area (TPSA) is 86.8 Å². The Morgan fingerprint density at radius 1 is 1.03 bits per heavy atom. The molecule has 0 bridgehead atoms. The van der Waals surface area contributed by atoms with Crippen molar-refractivity contribution in [3.63, 3.8) is 0 Å². The van der Waals surface area contributed by atoms with Gasteiger partial charge in [-0.25, -0.2) is 12.8 Å². The molecule has 0 aliphatic heterocycles. The Morgan fingerprint density at radius 3 is 2.33 bits per heavy atom. The van der Waals surface area contributed by atoms with Gasteiger partial charge in [-0.15, -0.1) is 0 Å². The second-order valence-corrected chi connectivity index (χ2v) is 11.7. The maximum atomic E-state index is 14.6. The van der Waals surface area contributed by atoms with Crippen LogP contribution < -0.4 is 9.62 Å². The molecule has 0 aliphatic carbocycles. The lowest BCUT2D eigenvalue weighted by Crippen LogP contribution is -2.51. The van der Waals surface area contributed by atoms with Crippen molar-refractivity contribution in [3.8, 4) is 0 Å². The summed E-state index contributed by atoms with van der Waals surface area (Å²) >= 11 is 12.6. The molecule has 3 aromatic carbocycles. The van der Waals surface area contributed by atoms with Crippen LogP contribution in [0.25, 0.3) is 0 Å². The van der Waals surface area contributed by atoms with Crippen LogP contribution in [-0.2, 0) is 26.2 Å². The van der Waals surface area contributed by atoms with E-state index < -0.39 is 40.2 Å². The Balaban J connectivity index is 2.07. The molecular weight excluding hydrogens is 564 g/mol. The highest BCUT2D eigenvalue weighted by Gasteiger charge is 2.33. The number of carbonyl (C=O) groups excluding carboxylic acids is 2. The van der Waals surface area contributed by atoms with E-state index in [1.807, 2.05) is 13.8 Å². The van der Waals surface area contributed by atoms with Crippen molar-refractivity contribution in [2.45, 2.75) is 44.7 Å². The zero-order valence-corrected chi connectivity index (χ0v) is 24.2. The van der Waals surface area contributed by atoms with E-state index in [-0.39, 0.29) is 32.7 Å². The zero-order chi connectivity index (χ0) is 28.7. The van der Waals surface area contributed by atoms with Gasteiger partial charge in [0.1, 0.15) is 18.4 Å². The average molecular weight is 595 g/mol. The molecule has 0 heterocycles. The molecule has 0 saturated heterocycles. The lowest BCUT2D eigenvalue weighted by molar-refractivity contribution is -0.139. The van der Waals surface area contributed by atoms with Crippen molar-refractivity contribution < 1.29 is 22.4 Å². The van der Waals surface area contributed by atoms with Crippen LogP contribution in [0.2, 0.25) is 10.0 Å². The molecule has 0 aliphatic rings. The summed E-state index contributed by atoms with van der Waals surface area (Å²) in [5.74, 6) is -1.74. The zero-order valence-electron chi connectivity index (χ0n) is 21.8. The summed E-state index contributed by atoms with van der Waals surface area (Å²) in [5.41, 5.74) is 1.02. The van der Waals surface area contributed by atoms with E-state index in [1.165, 1.54) is 55.5 Å². The number of rotatable bonds is 11. The van der Waals surface area contributed by atoms with Crippen molar-refractivity contribution >= 4 is 50.7 Å². The van der Waals surface area contributed by atoms with E-state index in [4.69, 9.17) is 23.2 Å². The third kappa shape index (κ3) is 7.50. The minimum absolute atomic E-state index is 0.00739. The van der Waals surface area contributed by atoms with Crippen LogP contribution in [0.4, 0.5) is 10.1 Å². The fourth-order valence-corrected chi connectivity index (χ4v) is 5.68. The lowest BCUT2D eigenvalue weighted by atomic mass is 10.1. The number of benzene rings is 3. The molecule has 1 N–H and O–H groups in total. The van der Waals surface area contributed by atoms with Gasteiger partial charge in [-0.2, -0.15) is 0 Å². The van der Waals surface area contributed by atoms with Gasteiger partial charge in [-0.05, 0) is 56.7 Å². The number of hydrogen-bond acceptors (Lipinski definition) is 4. The normalized spacial score (nSPS) is 12.1. The first-order valence-electron chi connectivity index (χ1n) is 12.3. The summed E-state index contributed by atoms with van der Waals surface area (Å²) in [6.45, 7) is 4.63. The fourth-order valence-electron chi connectivity index (χ4n) is 3.82. The van der Waals surface area contributed by atoms with Gasteiger partial charge in [-0.3, -0.25) is 13.9 Å². The third-order valence-corrected chi connectivity index (χ3v) is 8.41. The highest BCUT2D eigenvalue weighted by atomic mass is 35.5. The molecule has 208 valence electrons. The molecule has 39 heavy (non-hydrogen) atoms. The molecule has 1 unspecified atom stereocenters. The van der Waals surface area contributed by atoms with E-state index in [1.54, 1.807) is 18.2 Å². The van der Waals surface area contributed by atoms with E-state index in [0.717, 1.165) is 14.8 Å². The predicted octanol–water partition coefficient (Wildman–Crippen LogP) is 5.58. The summed E-state index contributed by atoms with van der Waals surface area (Å²) in [7, 11) is -4.31. The summed E-state index contributed by atoms with van der Waals surface area (Å²) < 4.78 is 43.1. The Hall–Kier alpha value is -3.14. The smallest absolute Gasteiger partial charge is 0.264 e. The highest BCUT2D eigenvalue weighted by Crippen LogP contribution is 2.33. The number of amides is 2. The highest BCUT2D eigenvalue weighted by molar-refractivity contribution is 7.92. The van der Waals surface area contributed by atoms with Gasteiger partial charge in [0.25, 0.3) is 10.0 Å². The van der Waals surface area contributed by atoms with Crippen molar-refractivity contribution in [1.29, 1.82) is 0 Å². The van der Waals surface area contributed by atoms with Gasteiger partial charge in [-0.1, -0.05) is 66.0 Å². The summed E-state index contributed by atoms with van der Waals surface area (Å²) in [6.07, 6.45) is 0.676. The van der Waals surface area contributed by atoms with Gasteiger partial charge in [0.05, 0.1) is 15.6 Å². The number of carbonyl (C=O) groups is 2. The van der Waals surface area contributed by atoms with Crippen LogP contribution in [0, 0.1) is 12.7 Å². The predicted molar refractivity (Wildman–Crippen MR) is 152 cm³/mol. The lowest BCUT2D eigenvalue weighted by Gasteiger charge is -2.32. The number of sulfonamides is 1. The average Bonchev–Trinajstić information content (AvgIpc) is 2.91. The first-order valence-corrected chi connectivity index (χ1v) is 14.5. The van der Waals surface area contributed by atoms with Crippen LogP contribution in [0.15, 0.2) is 71.6 Å². The van der Waals surface area contributed by atoms with Crippen LogP contribution in [0.3, 0.4) is 0 Å². The largest absolute Gasteiger partial charge is 0.354 e. The molecule has 7 nitrogen and oxygen atoms in total. The first kappa shape index (κ1) is 30.4. The summed E-state index contributed by atoms with van der Waals surface area (Å²) in [6, 6.07) is 15.3. The van der Waals surface area contributed by atoms with E-state index in [0.29, 0.717) is 13.0 Å². The number of aryl methyl sites for hydroxylation is 1. The Kier molecular flexibility index (Phi) is 10.4. The minimum atomic E-state index is -4.31. The van der Waals surface area contributed by atoms with Crippen LogP contribution in [0.5, 0.6) is 0 Å². The Morgan fingerprint density at radius 2 is 1.69 bits per heavy atom. The standard InChI is InChI=1S/C28H30Cl2FN3O4S/c1-4-15-32-28(36)20(3)33(17-21-7-5-6-8-25(21)31)27(35)18-34(26-16-22(29)11-14-24(26)30)39(37,38)23-12-9-19(2)10-13-23/h5-14,16,20H,4,15,17-18H2,1-3H3,(H,32,36). The minimum Gasteiger partial charge on any atom is -0.354 e. The molecule has 3 rings (SSSR count). The maximum absolute atomic E-state index is 14.6. The number of hydrogen-bond donors (Lipinski definition) is 1. The first-order chi connectivity index (χ1) is 18.4. The SMILES string of the molecule is CCCNC(=O)C(C)N(Cc1ccccc1F)C(=O)CN(c1cc(Cl)ccc1Cl)S(=O)(=O)c1ccc(C)cc1. The van der Waals surface area contributed by atoms with E-state index in [9.17, 15) is 22.4 Å². The molecule has 0 spiro atoms. The molecule has 0 aromatic heterocycles. The second-order valence-electron chi connectivity index (χ2n) is 9.00. The van der Waals surface area contributed by atoms with Gasteiger partial charge in [0, 0.05) is 23.7 Å². The number of halogens is 3. The van der Waals surface area contributed by atoms with Crippen LogP contribution in [-0.4, -0.2) is 44.3 Å². The molecular formula is C28H30Cl2FN3O4S. The number of nitrogens with one attached hydrogen (secondary N) is 1. The van der Waals surface area contributed by atoms with Gasteiger partial charge < -0.3 is 10.2 Å². The number of nitrogens with zero attached hydrogens (tertiary/aromatic N) is 2. The third-order valence-electron chi connectivity index (χ3n) is 6.08. The van der Waals surface area contributed by atoms with Crippen molar-refractivity contribution in [2.24, 2.45) is 0 Å². The second kappa shape index (κ2) is 13.3. The van der Waals surface area contributed by atoms with Crippen LogP contribution >= 0.6 is 23.2 Å². The van der Waals surface area contributed by atoms with E-state index in [2.05, 4.69) is 5.32 Å². The molecule has 3 aromatic rings. The molecule has 1 atom stereocenters. The molecule has 0 fully saturated rings. The van der Waals surface area contributed by atoms with Crippen molar-refractivity contribution in [3.05, 3.63) is 93.7 Å². The monoisotopic (exact) mass is 593 g/mol. The Labute approximate surface area is 238 Å². The fraction of sp³-hybridized carbons (Fsp3) is 0.286. The molecule has 11 heteroatoms. The van der Waals surface area contributed by atoms with E-state index >= 15 is 0 Å². The summed E-state index contributed by atoms with van der Waals surface area (Å²) in [4.78, 5) is 27.8. The van der Waals surface area contributed by atoms with Gasteiger partial charge in [0.15, 0.2) is 0 Å². The molecule has 2 amide bonds.